The van der Waals surface area contributed by atoms with Crippen molar-refractivity contribution < 1.29 is 9.90 Å². The summed E-state index contributed by atoms with van der Waals surface area (Å²) in [5.74, 6) is -1.05. The Balaban J connectivity index is 3.15. The first-order valence-electron chi connectivity index (χ1n) is 2.76. The van der Waals surface area contributed by atoms with Crippen LogP contribution in [0.3, 0.4) is 0 Å². The zero-order valence-electron chi connectivity index (χ0n) is 5.16. The molecule has 0 heterocycles. The van der Waals surface area contributed by atoms with E-state index in [4.69, 9.17) is 12.0 Å². The van der Waals surface area contributed by atoms with Crippen LogP contribution < -0.4 is 0 Å². The number of rotatable bonds is 1. The molecule has 1 aromatic carbocycles. The summed E-state index contributed by atoms with van der Waals surface area (Å²) < 4.78 is 0. The van der Waals surface area contributed by atoms with Crippen LogP contribution in [-0.4, -0.2) is 11.1 Å². The van der Waals surface area contributed by atoms with E-state index in [1.54, 1.807) is 12.1 Å². The number of hydrogen-bond donors (Lipinski definition) is 1. The molecule has 0 aliphatic heterocycles. The summed E-state index contributed by atoms with van der Waals surface area (Å²) in [5.41, 5.74) is 0.0949. The van der Waals surface area contributed by atoms with Crippen molar-refractivity contribution in [2.24, 2.45) is 0 Å². The first-order chi connectivity index (χ1) is 4.72. The molecule has 0 unspecified atom stereocenters. The van der Waals surface area contributed by atoms with Crippen molar-refractivity contribution in [1.82, 2.24) is 0 Å². The first-order valence-corrected chi connectivity index (χ1v) is 2.76. The maximum absolute atomic E-state index is 10.3. The Bertz CT molecular complexity index is 253. The summed E-state index contributed by atoms with van der Waals surface area (Å²) in [7, 11) is 0. The molecule has 0 aliphatic rings. The zero-order valence-corrected chi connectivity index (χ0v) is 5.16. The molecule has 1 rings (SSSR count). The third kappa shape index (κ3) is 1.16. The molecule has 2 heteroatoms. The molecular formula is C8H5O2. The number of carboxylic acid groups (broad SMARTS) is 1. The third-order valence-corrected chi connectivity index (χ3v) is 1.16. The molecule has 0 amide bonds. The lowest BCUT2D eigenvalue weighted by molar-refractivity contribution is 0.0696. The van der Waals surface area contributed by atoms with Gasteiger partial charge < -0.3 is 5.11 Å². The Morgan fingerprint density at radius 1 is 1.40 bits per heavy atom. The van der Waals surface area contributed by atoms with E-state index in [1.165, 1.54) is 12.1 Å². The Morgan fingerprint density at radius 2 is 2.00 bits per heavy atom. The van der Waals surface area contributed by atoms with Gasteiger partial charge in [-0.2, -0.15) is 0 Å². The molecule has 10 heavy (non-hydrogen) atoms. The fourth-order valence-electron chi connectivity index (χ4n) is 0.670. The Kier molecular flexibility index (Phi) is 1.71. The number of carboxylic acids is 1. The van der Waals surface area contributed by atoms with Crippen molar-refractivity contribution in [3.63, 3.8) is 0 Å². The minimum absolute atomic E-state index is 0.0440. The molecule has 3 radical (unpaired) electrons. The molecule has 0 saturated carbocycles. The highest BCUT2D eigenvalue weighted by Crippen LogP contribution is 2.05. The second-order valence-electron chi connectivity index (χ2n) is 1.85. The quantitative estimate of drug-likeness (QED) is 0.627. The molecule has 0 atom stereocenters. The van der Waals surface area contributed by atoms with Crippen LogP contribution in [0.25, 0.3) is 0 Å². The van der Waals surface area contributed by atoms with Gasteiger partial charge in [-0.25, -0.2) is 4.79 Å². The van der Waals surface area contributed by atoms with Crippen LogP contribution in [0, 0.1) is 6.92 Å². The average molecular weight is 133 g/mol. The molecule has 49 valence electrons. The van der Waals surface area contributed by atoms with Gasteiger partial charge in [0, 0.05) is 6.92 Å². The van der Waals surface area contributed by atoms with Gasteiger partial charge in [-0.15, -0.1) is 0 Å². The molecule has 0 aromatic heterocycles. The Labute approximate surface area is 59.1 Å². The van der Waals surface area contributed by atoms with Crippen LogP contribution in [0.5, 0.6) is 0 Å². The lowest BCUT2D eigenvalue weighted by Crippen LogP contribution is -1.97. The van der Waals surface area contributed by atoms with Gasteiger partial charge in [0.05, 0.1) is 5.56 Å². The fraction of sp³-hybridized carbons (Fsp3) is 0. The van der Waals surface area contributed by atoms with Crippen molar-refractivity contribution in [1.29, 1.82) is 0 Å². The summed E-state index contributed by atoms with van der Waals surface area (Å²) in [5, 5.41) is 8.45. The zero-order chi connectivity index (χ0) is 7.56. The molecule has 2 nitrogen and oxygen atoms in total. The van der Waals surface area contributed by atoms with E-state index in [0.717, 1.165) is 0 Å². The largest absolute Gasteiger partial charge is 0.478 e. The number of aromatic carboxylic acids is 1. The summed E-state index contributed by atoms with van der Waals surface area (Å²) in [6.45, 7) is 7.12. The van der Waals surface area contributed by atoms with Crippen molar-refractivity contribution in [2.75, 3.05) is 0 Å². The van der Waals surface area contributed by atoms with Crippen LogP contribution in [-0.2, 0) is 0 Å². The predicted molar refractivity (Wildman–Crippen MR) is 35.7 cm³/mol. The van der Waals surface area contributed by atoms with Gasteiger partial charge in [-0.05, 0) is 11.6 Å². The van der Waals surface area contributed by atoms with Gasteiger partial charge in [-0.3, -0.25) is 0 Å². The van der Waals surface area contributed by atoms with Gasteiger partial charge in [-0.1, -0.05) is 18.2 Å². The van der Waals surface area contributed by atoms with Crippen molar-refractivity contribution in [3.8, 4) is 0 Å². The Hall–Kier alpha value is -1.31. The van der Waals surface area contributed by atoms with Crippen molar-refractivity contribution in [3.05, 3.63) is 42.3 Å². The number of hydrogen-bond acceptors (Lipinski definition) is 1. The lowest BCUT2D eigenvalue weighted by Gasteiger charge is -1.95. The molecule has 0 fully saturated rings. The maximum Gasteiger partial charge on any atom is 0.335 e. The van der Waals surface area contributed by atoms with E-state index in [2.05, 4.69) is 0 Å². The van der Waals surface area contributed by atoms with Crippen LogP contribution in [0.4, 0.5) is 0 Å². The maximum atomic E-state index is 10.3. The molecule has 0 spiro atoms. The highest BCUT2D eigenvalue weighted by Gasteiger charge is 2.03. The van der Waals surface area contributed by atoms with Crippen LogP contribution in [0.15, 0.2) is 24.3 Å². The minimum Gasteiger partial charge on any atom is -0.478 e. The summed E-state index contributed by atoms with van der Waals surface area (Å²) in [6.07, 6.45) is 0. The van der Waals surface area contributed by atoms with Gasteiger partial charge >= 0.3 is 5.97 Å². The van der Waals surface area contributed by atoms with E-state index < -0.39 is 5.97 Å². The standard InChI is InChI=1S/C8H5O2/c1-6-4-2-3-5-7(6)8(9)10/h2-5H,(H,9,10). The fourth-order valence-corrected chi connectivity index (χ4v) is 0.670. The topological polar surface area (TPSA) is 37.3 Å². The molecule has 0 aliphatic carbocycles. The van der Waals surface area contributed by atoms with Crippen molar-refractivity contribution in [2.45, 2.75) is 0 Å². The lowest BCUT2D eigenvalue weighted by atomic mass is 10.1. The molecule has 1 aromatic rings. The predicted octanol–water partition coefficient (Wildman–Crippen LogP) is 1.32. The van der Waals surface area contributed by atoms with Crippen LogP contribution in [0.1, 0.15) is 15.9 Å². The van der Waals surface area contributed by atoms with E-state index >= 15 is 0 Å². The highest BCUT2D eigenvalue weighted by molar-refractivity contribution is 5.89. The van der Waals surface area contributed by atoms with Gasteiger partial charge in [0.15, 0.2) is 0 Å². The second kappa shape index (κ2) is 2.52. The SMILES string of the molecule is [C]c1ccccc1C(=O)O. The first kappa shape index (κ1) is 6.81. The molecule has 0 bridgehead atoms. The monoisotopic (exact) mass is 133 g/mol. The van der Waals surface area contributed by atoms with E-state index in [1.807, 2.05) is 0 Å². The van der Waals surface area contributed by atoms with E-state index in [-0.39, 0.29) is 11.1 Å². The number of benzene rings is 1. The summed E-state index contributed by atoms with van der Waals surface area (Å²) in [6, 6.07) is 6.09. The Morgan fingerprint density at radius 3 is 2.40 bits per heavy atom. The normalized spacial score (nSPS) is 9.30. The van der Waals surface area contributed by atoms with Gasteiger partial charge in [0.2, 0.25) is 0 Å². The van der Waals surface area contributed by atoms with E-state index in [9.17, 15) is 4.79 Å². The van der Waals surface area contributed by atoms with Crippen LogP contribution in [0.2, 0.25) is 0 Å². The summed E-state index contributed by atoms with van der Waals surface area (Å²) in [4.78, 5) is 10.3. The third-order valence-electron chi connectivity index (χ3n) is 1.16. The second-order valence-corrected chi connectivity index (χ2v) is 1.85. The average Bonchev–Trinajstić information content (AvgIpc) is 1.88. The summed E-state index contributed by atoms with van der Waals surface area (Å²) >= 11 is 0. The smallest absolute Gasteiger partial charge is 0.335 e. The minimum atomic E-state index is -1.05. The van der Waals surface area contributed by atoms with Crippen molar-refractivity contribution >= 4 is 5.97 Å². The highest BCUT2D eigenvalue weighted by atomic mass is 16.4. The van der Waals surface area contributed by atoms with E-state index in [0.29, 0.717) is 0 Å². The number of carbonyl (C=O) groups is 1. The molecule has 1 N–H and O–H groups in total. The molecular weight excluding hydrogens is 128 g/mol. The van der Waals surface area contributed by atoms with Gasteiger partial charge in [0.25, 0.3) is 0 Å². The van der Waals surface area contributed by atoms with Crippen LogP contribution >= 0.6 is 0 Å². The van der Waals surface area contributed by atoms with Gasteiger partial charge in [0.1, 0.15) is 0 Å². The molecule has 0 saturated heterocycles.